The van der Waals surface area contributed by atoms with Gasteiger partial charge in [-0.2, -0.15) is 0 Å². The van der Waals surface area contributed by atoms with Gasteiger partial charge in [0, 0.05) is 17.8 Å². The Morgan fingerprint density at radius 1 is 1.54 bits per heavy atom. The van der Waals surface area contributed by atoms with Crippen LogP contribution in [0.25, 0.3) is 0 Å². The van der Waals surface area contributed by atoms with Crippen molar-refractivity contribution in [2.24, 2.45) is 5.73 Å². The molecule has 0 saturated heterocycles. The van der Waals surface area contributed by atoms with Crippen LogP contribution in [0.3, 0.4) is 0 Å². The number of pyridine rings is 1. The molecular formula is C9H11ClN2O. The molecule has 0 aliphatic heterocycles. The van der Waals surface area contributed by atoms with E-state index in [2.05, 4.69) is 4.98 Å². The van der Waals surface area contributed by atoms with Crippen molar-refractivity contribution < 1.29 is 4.79 Å². The van der Waals surface area contributed by atoms with Gasteiger partial charge >= 0.3 is 0 Å². The number of halogens is 1. The minimum Gasteiger partial charge on any atom is -0.366 e. The average Bonchev–Trinajstić information content (AvgIpc) is 2.15. The van der Waals surface area contributed by atoms with Crippen molar-refractivity contribution in [1.29, 1.82) is 0 Å². The van der Waals surface area contributed by atoms with Gasteiger partial charge in [-0.1, -0.05) is 0 Å². The number of rotatable bonds is 4. The molecule has 0 spiro atoms. The number of amides is 1. The summed E-state index contributed by atoms with van der Waals surface area (Å²) in [5.41, 5.74) is 6.44. The SMILES string of the molecule is NC(=O)c1ccc(CCCCl)nc1. The normalized spacial score (nSPS) is 9.92. The number of aryl methyl sites for hydroxylation is 1. The standard InChI is InChI=1S/C9H11ClN2O/c10-5-1-2-8-4-3-7(6-12-8)9(11)13/h3-4,6H,1-2,5H2,(H2,11,13). The molecule has 0 aromatic carbocycles. The van der Waals surface area contributed by atoms with Crippen LogP contribution in [0.5, 0.6) is 0 Å². The predicted molar refractivity (Wildman–Crippen MR) is 51.8 cm³/mol. The summed E-state index contributed by atoms with van der Waals surface area (Å²) in [6, 6.07) is 3.48. The van der Waals surface area contributed by atoms with Gasteiger partial charge < -0.3 is 5.73 Å². The molecule has 0 fully saturated rings. The molecule has 1 rings (SSSR count). The number of hydrogen-bond donors (Lipinski definition) is 1. The van der Waals surface area contributed by atoms with Gasteiger partial charge in [-0.3, -0.25) is 9.78 Å². The Kier molecular flexibility index (Phi) is 3.71. The zero-order chi connectivity index (χ0) is 9.68. The first-order valence-corrected chi connectivity index (χ1v) is 4.58. The van der Waals surface area contributed by atoms with Gasteiger partial charge in [-0.25, -0.2) is 0 Å². The van der Waals surface area contributed by atoms with Gasteiger partial charge in [0.1, 0.15) is 0 Å². The first kappa shape index (κ1) is 9.99. The van der Waals surface area contributed by atoms with Crippen LogP contribution >= 0.6 is 11.6 Å². The fraction of sp³-hybridized carbons (Fsp3) is 0.333. The number of carbonyl (C=O) groups excluding carboxylic acids is 1. The molecule has 3 nitrogen and oxygen atoms in total. The molecule has 70 valence electrons. The van der Waals surface area contributed by atoms with Crippen molar-refractivity contribution in [3.63, 3.8) is 0 Å². The maximum atomic E-state index is 10.7. The largest absolute Gasteiger partial charge is 0.366 e. The lowest BCUT2D eigenvalue weighted by Crippen LogP contribution is -2.11. The van der Waals surface area contributed by atoms with Gasteiger partial charge in [0.25, 0.3) is 0 Å². The van der Waals surface area contributed by atoms with E-state index in [0.717, 1.165) is 18.5 Å². The number of primary amides is 1. The molecule has 0 radical (unpaired) electrons. The molecule has 0 unspecified atom stereocenters. The number of nitrogens with two attached hydrogens (primary N) is 1. The lowest BCUT2D eigenvalue weighted by molar-refractivity contribution is 0.1000. The Balaban J connectivity index is 2.64. The van der Waals surface area contributed by atoms with E-state index in [0.29, 0.717) is 11.4 Å². The van der Waals surface area contributed by atoms with E-state index in [1.807, 2.05) is 0 Å². The number of alkyl halides is 1. The maximum absolute atomic E-state index is 10.7. The van der Waals surface area contributed by atoms with E-state index in [-0.39, 0.29) is 0 Å². The van der Waals surface area contributed by atoms with Gasteiger partial charge in [0.05, 0.1) is 5.56 Å². The Hall–Kier alpha value is -1.09. The molecule has 1 aromatic heterocycles. The highest BCUT2D eigenvalue weighted by Gasteiger charge is 2.00. The van der Waals surface area contributed by atoms with Crippen LogP contribution in [0.2, 0.25) is 0 Å². The van der Waals surface area contributed by atoms with Crippen LogP contribution in [-0.2, 0) is 6.42 Å². The second-order valence-electron chi connectivity index (χ2n) is 2.69. The van der Waals surface area contributed by atoms with Gasteiger partial charge in [-0.15, -0.1) is 11.6 Å². The van der Waals surface area contributed by atoms with Crippen molar-refractivity contribution in [2.75, 3.05) is 5.88 Å². The quantitative estimate of drug-likeness (QED) is 0.743. The third kappa shape index (κ3) is 3.03. The first-order chi connectivity index (χ1) is 6.24. The van der Waals surface area contributed by atoms with Crippen LogP contribution in [0, 0.1) is 0 Å². The van der Waals surface area contributed by atoms with E-state index >= 15 is 0 Å². The monoisotopic (exact) mass is 198 g/mol. The van der Waals surface area contributed by atoms with Crippen LogP contribution in [0.1, 0.15) is 22.5 Å². The lowest BCUT2D eigenvalue weighted by Gasteiger charge is -1.98. The van der Waals surface area contributed by atoms with Crippen LogP contribution in [-0.4, -0.2) is 16.8 Å². The van der Waals surface area contributed by atoms with E-state index < -0.39 is 5.91 Å². The predicted octanol–water partition coefficient (Wildman–Crippen LogP) is 1.35. The van der Waals surface area contributed by atoms with Gasteiger partial charge in [0.15, 0.2) is 0 Å². The van der Waals surface area contributed by atoms with Crippen LogP contribution < -0.4 is 5.73 Å². The zero-order valence-corrected chi connectivity index (χ0v) is 7.92. The summed E-state index contributed by atoms with van der Waals surface area (Å²) in [5.74, 6) is 0.176. The summed E-state index contributed by atoms with van der Waals surface area (Å²) < 4.78 is 0. The molecule has 2 N–H and O–H groups in total. The summed E-state index contributed by atoms with van der Waals surface area (Å²) in [6.07, 6.45) is 3.22. The first-order valence-electron chi connectivity index (χ1n) is 4.04. The van der Waals surface area contributed by atoms with E-state index in [1.165, 1.54) is 6.20 Å². The highest BCUT2D eigenvalue weighted by molar-refractivity contribution is 6.17. The van der Waals surface area contributed by atoms with Crippen molar-refractivity contribution in [1.82, 2.24) is 4.98 Å². The van der Waals surface area contributed by atoms with Gasteiger partial charge in [0.2, 0.25) is 5.91 Å². The Morgan fingerprint density at radius 2 is 2.31 bits per heavy atom. The summed E-state index contributed by atoms with van der Waals surface area (Å²) in [7, 11) is 0. The topological polar surface area (TPSA) is 56.0 Å². The molecule has 4 heteroatoms. The number of nitrogens with zero attached hydrogens (tertiary/aromatic N) is 1. The molecule has 1 amide bonds. The third-order valence-corrected chi connectivity index (χ3v) is 1.94. The van der Waals surface area contributed by atoms with E-state index in [4.69, 9.17) is 17.3 Å². The number of carbonyl (C=O) groups is 1. The molecule has 0 aliphatic rings. The fourth-order valence-corrected chi connectivity index (χ4v) is 1.10. The maximum Gasteiger partial charge on any atom is 0.250 e. The highest BCUT2D eigenvalue weighted by atomic mass is 35.5. The van der Waals surface area contributed by atoms with Crippen molar-refractivity contribution in [3.05, 3.63) is 29.6 Å². The minimum absolute atomic E-state index is 0.439. The molecule has 0 bridgehead atoms. The summed E-state index contributed by atoms with van der Waals surface area (Å²) in [5, 5.41) is 0. The summed E-state index contributed by atoms with van der Waals surface area (Å²) in [6.45, 7) is 0. The highest BCUT2D eigenvalue weighted by Crippen LogP contribution is 2.02. The van der Waals surface area contributed by atoms with Crippen molar-refractivity contribution >= 4 is 17.5 Å². The lowest BCUT2D eigenvalue weighted by atomic mass is 10.2. The molecule has 13 heavy (non-hydrogen) atoms. The molecule has 1 aromatic rings. The summed E-state index contributed by atoms with van der Waals surface area (Å²) >= 11 is 5.53. The second kappa shape index (κ2) is 4.82. The molecule has 0 atom stereocenters. The molecule has 0 aliphatic carbocycles. The number of aromatic nitrogens is 1. The van der Waals surface area contributed by atoms with Crippen molar-refractivity contribution in [3.8, 4) is 0 Å². The Morgan fingerprint density at radius 3 is 2.77 bits per heavy atom. The zero-order valence-electron chi connectivity index (χ0n) is 7.16. The Bertz CT molecular complexity index is 284. The number of hydrogen-bond acceptors (Lipinski definition) is 2. The second-order valence-corrected chi connectivity index (χ2v) is 3.07. The third-order valence-electron chi connectivity index (χ3n) is 1.68. The fourth-order valence-electron chi connectivity index (χ4n) is 0.966. The smallest absolute Gasteiger partial charge is 0.250 e. The molecular weight excluding hydrogens is 188 g/mol. The van der Waals surface area contributed by atoms with Crippen molar-refractivity contribution in [2.45, 2.75) is 12.8 Å². The summed E-state index contributed by atoms with van der Waals surface area (Å²) in [4.78, 5) is 14.8. The van der Waals surface area contributed by atoms with Gasteiger partial charge in [-0.05, 0) is 25.0 Å². The molecule has 0 saturated carbocycles. The average molecular weight is 199 g/mol. The Labute approximate surface area is 81.9 Å². The van der Waals surface area contributed by atoms with E-state index in [9.17, 15) is 4.79 Å². The minimum atomic E-state index is -0.448. The van der Waals surface area contributed by atoms with E-state index in [1.54, 1.807) is 12.1 Å². The van der Waals surface area contributed by atoms with Crippen LogP contribution in [0.15, 0.2) is 18.3 Å². The molecule has 1 heterocycles. The van der Waals surface area contributed by atoms with Crippen LogP contribution in [0.4, 0.5) is 0 Å².